The second-order valence-electron chi connectivity index (χ2n) is 22.1. The molecular formula is C65H125NO5. The predicted octanol–water partition coefficient (Wildman–Crippen LogP) is 19.1. The minimum absolute atomic E-state index is 0.362. The summed E-state index contributed by atoms with van der Waals surface area (Å²) in [5.74, 6) is -0.594. The lowest BCUT2D eigenvalue weighted by atomic mass is 10.00. The largest absolute Gasteiger partial charge is 0.394 e. The van der Waals surface area contributed by atoms with E-state index in [1.54, 1.807) is 0 Å². The summed E-state index contributed by atoms with van der Waals surface area (Å²) in [5, 5.41) is 44.0. The third-order valence-electron chi connectivity index (χ3n) is 15.1. The Hall–Kier alpha value is -1.47. The van der Waals surface area contributed by atoms with Gasteiger partial charge in [-0.2, -0.15) is 0 Å². The molecule has 0 aliphatic carbocycles. The van der Waals surface area contributed by atoms with E-state index < -0.39 is 36.9 Å². The van der Waals surface area contributed by atoms with Gasteiger partial charge in [-0.15, -0.1) is 0 Å². The van der Waals surface area contributed by atoms with Gasteiger partial charge in [-0.25, -0.2) is 0 Å². The molecule has 4 atom stereocenters. The lowest BCUT2D eigenvalue weighted by molar-refractivity contribution is -0.132. The number of aliphatic hydroxyl groups excluding tert-OH is 4. The normalized spacial score (nSPS) is 13.8. The minimum atomic E-state index is -1.29. The fourth-order valence-corrected chi connectivity index (χ4v) is 10.1. The van der Waals surface area contributed by atoms with Gasteiger partial charge in [0.15, 0.2) is 0 Å². The monoisotopic (exact) mass is 1000 g/mol. The molecule has 0 fully saturated rings. The van der Waals surface area contributed by atoms with Crippen molar-refractivity contribution in [2.45, 2.75) is 366 Å². The highest BCUT2D eigenvalue weighted by atomic mass is 16.3. The number of amides is 1. The van der Waals surface area contributed by atoms with Crippen molar-refractivity contribution in [3.05, 3.63) is 36.5 Å². The second-order valence-corrected chi connectivity index (χ2v) is 22.1. The van der Waals surface area contributed by atoms with E-state index in [0.29, 0.717) is 19.3 Å². The van der Waals surface area contributed by atoms with Crippen LogP contribution in [-0.2, 0) is 4.79 Å². The Balaban J connectivity index is 3.58. The van der Waals surface area contributed by atoms with E-state index >= 15 is 0 Å². The Morgan fingerprint density at radius 2 is 0.592 bits per heavy atom. The molecule has 0 radical (unpaired) electrons. The van der Waals surface area contributed by atoms with E-state index in [0.717, 1.165) is 51.4 Å². The van der Waals surface area contributed by atoms with E-state index in [4.69, 9.17) is 0 Å². The molecule has 0 aromatic heterocycles. The SMILES string of the molecule is CCCCCCCCCC/C=C/CC/C=C/CC/C=C/CCCC(O)C(O)C(CO)NC(=O)C(O)CCCCCCCCCCCCCCCCCCCCCCCCCCCCCCCCCCCC. The zero-order valence-electron chi connectivity index (χ0n) is 47.7. The van der Waals surface area contributed by atoms with Gasteiger partial charge in [0.2, 0.25) is 5.91 Å². The van der Waals surface area contributed by atoms with Crippen molar-refractivity contribution in [3.63, 3.8) is 0 Å². The van der Waals surface area contributed by atoms with Crippen LogP contribution in [0.5, 0.6) is 0 Å². The Labute approximate surface area is 443 Å². The van der Waals surface area contributed by atoms with Crippen molar-refractivity contribution < 1.29 is 25.2 Å². The number of allylic oxidation sites excluding steroid dienone is 6. The summed E-state index contributed by atoms with van der Waals surface area (Å²) >= 11 is 0. The summed E-state index contributed by atoms with van der Waals surface area (Å²) in [6, 6.07) is -1.01. The number of hydrogen-bond donors (Lipinski definition) is 5. The zero-order valence-corrected chi connectivity index (χ0v) is 47.7. The van der Waals surface area contributed by atoms with Crippen LogP contribution in [0.1, 0.15) is 341 Å². The smallest absolute Gasteiger partial charge is 0.249 e. The Morgan fingerprint density at radius 1 is 0.338 bits per heavy atom. The first-order valence-electron chi connectivity index (χ1n) is 31.9. The third kappa shape index (κ3) is 53.2. The molecule has 0 aliphatic rings. The summed E-state index contributed by atoms with van der Waals surface area (Å²) in [4.78, 5) is 12.6. The van der Waals surface area contributed by atoms with Gasteiger partial charge < -0.3 is 25.7 Å². The number of hydrogen-bond acceptors (Lipinski definition) is 5. The molecule has 1 amide bonds. The molecule has 0 saturated heterocycles. The highest BCUT2D eigenvalue weighted by molar-refractivity contribution is 5.80. The number of rotatable bonds is 59. The van der Waals surface area contributed by atoms with Crippen LogP contribution in [0.15, 0.2) is 36.5 Å². The van der Waals surface area contributed by atoms with Crippen molar-refractivity contribution in [1.82, 2.24) is 5.32 Å². The van der Waals surface area contributed by atoms with E-state index in [9.17, 15) is 25.2 Å². The van der Waals surface area contributed by atoms with Gasteiger partial charge >= 0.3 is 0 Å². The summed E-state index contributed by atoms with van der Waals surface area (Å²) in [6.45, 7) is 4.07. The number of carbonyl (C=O) groups excluding carboxylic acids is 1. The minimum Gasteiger partial charge on any atom is -0.394 e. The molecule has 6 nitrogen and oxygen atoms in total. The molecule has 0 aliphatic heterocycles. The van der Waals surface area contributed by atoms with Crippen LogP contribution in [0.4, 0.5) is 0 Å². The van der Waals surface area contributed by atoms with Gasteiger partial charge in [-0.1, -0.05) is 314 Å². The molecule has 420 valence electrons. The first-order chi connectivity index (χ1) is 35.0. The maximum Gasteiger partial charge on any atom is 0.249 e. The molecule has 0 bridgehead atoms. The van der Waals surface area contributed by atoms with Crippen molar-refractivity contribution in [2.24, 2.45) is 0 Å². The average molecular weight is 1000 g/mol. The van der Waals surface area contributed by atoms with Gasteiger partial charge in [-0.3, -0.25) is 4.79 Å². The van der Waals surface area contributed by atoms with Gasteiger partial charge in [0.25, 0.3) is 0 Å². The molecule has 5 N–H and O–H groups in total. The highest BCUT2D eigenvalue weighted by Crippen LogP contribution is 2.19. The van der Waals surface area contributed by atoms with Crippen LogP contribution in [0.25, 0.3) is 0 Å². The molecule has 0 spiro atoms. The Kier molecular flexibility index (Phi) is 58.2. The first kappa shape index (κ1) is 69.5. The predicted molar refractivity (Wildman–Crippen MR) is 311 cm³/mol. The number of unbranched alkanes of at least 4 members (excludes halogenated alkanes) is 44. The van der Waals surface area contributed by atoms with E-state index in [2.05, 4.69) is 55.6 Å². The van der Waals surface area contributed by atoms with Gasteiger partial charge in [-0.05, 0) is 64.2 Å². The van der Waals surface area contributed by atoms with Crippen molar-refractivity contribution >= 4 is 5.91 Å². The Bertz CT molecular complexity index is 1120. The van der Waals surface area contributed by atoms with Gasteiger partial charge in [0.1, 0.15) is 12.2 Å². The van der Waals surface area contributed by atoms with Crippen LogP contribution < -0.4 is 5.32 Å². The molecule has 0 heterocycles. The average Bonchev–Trinajstić information content (AvgIpc) is 3.38. The summed E-state index contributed by atoms with van der Waals surface area (Å²) in [7, 11) is 0. The second kappa shape index (κ2) is 59.4. The van der Waals surface area contributed by atoms with Crippen LogP contribution in [0.3, 0.4) is 0 Å². The topological polar surface area (TPSA) is 110 Å². The molecule has 4 unspecified atom stereocenters. The summed E-state index contributed by atoms with van der Waals surface area (Å²) < 4.78 is 0. The van der Waals surface area contributed by atoms with E-state index in [1.165, 1.54) is 257 Å². The van der Waals surface area contributed by atoms with E-state index in [-0.39, 0.29) is 0 Å². The summed E-state index contributed by atoms with van der Waals surface area (Å²) in [5.41, 5.74) is 0. The quantitative estimate of drug-likeness (QED) is 0.0308. The van der Waals surface area contributed by atoms with Crippen LogP contribution in [-0.4, -0.2) is 57.3 Å². The van der Waals surface area contributed by atoms with Crippen LogP contribution in [0, 0.1) is 0 Å². The molecule has 71 heavy (non-hydrogen) atoms. The molecule has 0 aromatic rings. The molecule has 0 saturated carbocycles. The third-order valence-corrected chi connectivity index (χ3v) is 15.1. The highest BCUT2D eigenvalue weighted by Gasteiger charge is 2.28. The van der Waals surface area contributed by atoms with Crippen LogP contribution >= 0.6 is 0 Å². The lowest BCUT2D eigenvalue weighted by Gasteiger charge is -2.27. The zero-order chi connectivity index (χ0) is 51.6. The number of nitrogens with one attached hydrogen (secondary N) is 1. The molecular weight excluding hydrogens is 875 g/mol. The maximum atomic E-state index is 12.6. The van der Waals surface area contributed by atoms with E-state index in [1.807, 2.05) is 0 Å². The number of carbonyl (C=O) groups is 1. The fourth-order valence-electron chi connectivity index (χ4n) is 10.1. The molecule has 0 rings (SSSR count). The number of aliphatic hydroxyl groups is 4. The van der Waals surface area contributed by atoms with Crippen molar-refractivity contribution in [1.29, 1.82) is 0 Å². The standard InChI is InChI=1S/C65H125NO5/c1-3-5-7-9-11-13-15-17-19-21-23-25-26-27-28-29-30-31-32-33-34-35-36-37-39-41-43-45-47-49-51-53-55-57-59-63(69)65(71)66-61(60-67)64(70)62(68)58-56-54-52-50-48-46-44-42-40-38-24-22-20-18-16-14-12-10-8-6-4-2/h22,24,42,44,50,52,61-64,67-70H,3-21,23,25-41,43,45-49,51,53-60H2,1-2H3,(H,66,71)/b24-22+,44-42+,52-50+. The van der Waals surface area contributed by atoms with Gasteiger partial charge in [0.05, 0.1) is 18.8 Å². The van der Waals surface area contributed by atoms with Crippen LogP contribution in [0.2, 0.25) is 0 Å². The molecule has 6 heteroatoms. The van der Waals surface area contributed by atoms with Gasteiger partial charge in [0, 0.05) is 0 Å². The summed E-state index contributed by atoms with van der Waals surface area (Å²) in [6.07, 6.45) is 75.4. The first-order valence-corrected chi connectivity index (χ1v) is 31.9. The maximum absolute atomic E-state index is 12.6. The molecule has 0 aromatic carbocycles. The lowest BCUT2D eigenvalue weighted by Crippen LogP contribution is -2.53. The van der Waals surface area contributed by atoms with Crippen molar-refractivity contribution in [2.75, 3.05) is 6.61 Å². The van der Waals surface area contributed by atoms with Crippen molar-refractivity contribution in [3.8, 4) is 0 Å². The Morgan fingerprint density at radius 3 is 0.887 bits per heavy atom. The fraction of sp³-hybridized carbons (Fsp3) is 0.892.